The predicted molar refractivity (Wildman–Crippen MR) is 77.2 cm³/mol. The zero-order valence-corrected chi connectivity index (χ0v) is 12.3. The highest BCUT2D eigenvalue weighted by Crippen LogP contribution is 2.33. The maximum atomic E-state index is 11.2. The van der Waals surface area contributed by atoms with E-state index in [1.807, 2.05) is 4.90 Å². The maximum absolute atomic E-state index is 11.2. The number of hydrogen-bond donors (Lipinski definition) is 1. The highest BCUT2D eigenvalue weighted by molar-refractivity contribution is 9.10. The lowest BCUT2D eigenvalue weighted by atomic mass is 9.93. The van der Waals surface area contributed by atoms with E-state index in [2.05, 4.69) is 27.8 Å². The van der Waals surface area contributed by atoms with Crippen molar-refractivity contribution in [2.45, 2.75) is 25.8 Å². The SMILES string of the molecule is CC1CCC(CN)CN1c1ncc(Br)cc1[N+](=O)[O-]. The number of nitro groups is 1. The number of piperidine rings is 1. The average molecular weight is 329 g/mol. The highest BCUT2D eigenvalue weighted by Gasteiger charge is 2.30. The van der Waals surface area contributed by atoms with E-state index >= 15 is 0 Å². The number of anilines is 1. The van der Waals surface area contributed by atoms with Crippen molar-refractivity contribution in [3.63, 3.8) is 0 Å². The molecule has 1 fully saturated rings. The Bertz CT molecular complexity index is 483. The summed E-state index contributed by atoms with van der Waals surface area (Å²) in [5, 5.41) is 11.2. The third-order valence-corrected chi connectivity index (χ3v) is 4.03. The van der Waals surface area contributed by atoms with Gasteiger partial charge in [-0.2, -0.15) is 0 Å². The van der Waals surface area contributed by atoms with Gasteiger partial charge in [-0.25, -0.2) is 4.98 Å². The molecule has 0 bridgehead atoms. The monoisotopic (exact) mass is 328 g/mol. The summed E-state index contributed by atoms with van der Waals surface area (Å²) >= 11 is 3.22. The molecule has 2 unspecified atom stereocenters. The van der Waals surface area contributed by atoms with Crippen LogP contribution in [0.15, 0.2) is 16.7 Å². The first-order chi connectivity index (χ1) is 9.02. The molecule has 7 heteroatoms. The Kier molecular flexibility index (Phi) is 4.36. The van der Waals surface area contributed by atoms with Crippen LogP contribution in [0.1, 0.15) is 19.8 Å². The minimum absolute atomic E-state index is 0.0406. The van der Waals surface area contributed by atoms with Crippen LogP contribution in [0.5, 0.6) is 0 Å². The second-order valence-corrected chi connectivity index (χ2v) is 5.85. The van der Waals surface area contributed by atoms with Gasteiger partial charge in [-0.05, 0) is 48.2 Å². The van der Waals surface area contributed by atoms with Crippen LogP contribution < -0.4 is 10.6 Å². The van der Waals surface area contributed by atoms with Crippen molar-refractivity contribution in [3.05, 3.63) is 26.9 Å². The van der Waals surface area contributed by atoms with Crippen molar-refractivity contribution in [2.75, 3.05) is 18.0 Å². The summed E-state index contributed by atoms with van der Waals surface area (Å²) in [5.74, 6) is 0.820. The van der Waals surface area contributed by atoms with Gasteiger partial charge in [-0.3, -0.25) is 10.1 Å². The van der Waals surface area contributed by atoms with Gasteiger partial charge >= 0.3 is 5.69 Å². The van der Waals surface area contributed by atoms with Gasteiger partial charge in [0.05, 0.1) is 4.92 Å². The van der Waals surface area contributed by atoms with Gasteiger partial charge in [0.15, 0.2) is 0 Å². The first-order valence-corrected chi connectivity index (χ1v) is 7.09. The van der Waals surface area contributed by atoms with E-state index in [-0.39, 0.29) is 16.7 Å². The Morgan fingerprint density at radius 2 is 2.37 bits per heavy atom. The van der Waals surface area contributed by atoms with Crippen molar-refractivity contribution < 1.29 is 4.92 Å². The first kappa shape index (κ1) is 14.2. The molecule has 1 saturated heterocycles. The number of nitrogens with zero attached hydrogens (tertiary/aromatic N) is 3. The quantitative estimate of drug-likeness (QED) is 0.679. The second kappa shape index (κ2) is 5.83. The van der Waals surface area contributed by atoms with E-state index in [0.29, 0.717) is 22.8 Å². The van der Waals surface area contributed by atoms with Crippen LogP contribution in [0.3, 0.4) is 0 Å². The fourth-order valence-corrected chi connectivity index (χ4v) is 2.77. The molecule has 1 aliphatic rings. The molecule has 0 saturated carbocycles. The van der Waals surface area contributed by atoms with Gasteiger partial charge in [0, 0.05) is 29.3 Å². The third kappa shape index (κ3) is 3.03. The summed E-state index contributed by atoms with van der Waals surface area (Å²) in [5.41, 5.74) is 5.76. The molecule has 2 atom stereocenters. The van der Waals surface area contributed by atoms with Crippen LogP contribution >= 0.6 is 15.9 Å². The van der Waals surface area contributed by atoms with Gasteiger partial charge in [0.2, 0.25) is 5.82 Å². The molecule has 2 heterocycles. The number of pyridine rings is 1. The van der Waals surface area contributed by atoms with E-state index in [1.54, 1.807) is 6.20 Å². The second-order valence-electron chi connectivity index (χ2n) is 4.93. The topological polar surface area (TPSA) is 85.3 Å². The Morgan fingerprint density at radius 3 is 3.00 bits per heavy atom. The smallest absolute Gasteiger partial charge is 0.312 e. The molecule has 2 rings (SSSR count). The van der Waals surface area contributed by atoms with Crippen LogP contribution in [0, 0.1) is 16.0 Å². The van der Waals surface area contributed by atoms with Crippen molar-refractivity contribution >= 4 is 27.4 Å². The summed E-state index contributed by atoms with van der Waals surface area (Å²) in [7, 11) is 0. The van der Waals surface area contributed by atoms with E-state index in [4.69, 9.17) is 5.73 Å². The molecule has 104 valence electrons. The normalized spacial score (nSPS) is 23.4. The Balaban J connectivity index is 2.36. The summed E-state index contributed by atoms with van der Waals surface area (Å²) in [4.78, 5) is 17.0. The number of halogens is 1. The minimum atomic E-state index is -0.383. The largest absolute Gasteiger partial charge is 0.348 e. The van der Waals surface area contributed by atoms with Crippen molar-refractivity contribution in [2.24, 2.45) is 11.7 Å². The molecule has 1 aromatic rings. The molecule has 0 aromatic carbocycles. The third-order valence-electron chi connectivity index (χ3n) is 3.60. The zero-order valence-electron chi connectivity index (χ0n) is 10.8. The summed E-state index contributed by atoms with van der Waals surface area (Å²) < 4.78 is 0.614. The van der Waals surface area contributed by atoms with E-state index in [1.165, 1.54) is 6.07 Å². The molecule has 1 aromatic heterocycles. The van der Waals surface area contributed by atoms with Gasteiger partial charge in [-0.1, -0.05) is 0 Å². The average Bonchev–Trinajstić information content (AvgIpc) is 2.39. The molecule has 2 N–H and O–H groups in total. The molecule has 1 aliphatic heterocycles. The molecular weight excluding hydrogens is 312 g/mol. The molecular formula is C12H17BrN4O2. The summed E-state index contributed by atoms with van der Waals surface area (Å²) in [6.07, 6.45) is 3.65. The van der Waals surface area contributed by atoms with Gasteiger partial charge in [0.25, 0.3) is 0 Å². The fourth-order valence-electron chi connectivity index (χ4n) is 2.45. The Hall–Kier alpha value is -1.21. The van der Waals surface area contributed by atoms with Crippen molar-refractivity contribution in [1.82, 2.24) is 4.98 Å². The molecule has 0 radical (unpaired) electrons. The molecule has 6 nitrogen and oxygen atoms in total. The molecule has 0 spiro atoms. The maximum Gasteiger partial charge on any atom is 0.312 e. The van der Waals surface area contributed by atoms with Gasteiger partial charge < -0.3 is 10.6 Å². The first-order valence-electron chi connectivity index (χ1n) is 6.29. The van der Waals surface area contributed by atoms with Crippen molar-refractivity contribution in [1.29, 1.82) is 0 Å². The van der Waals surface area contributed by atoms with Gasteiger partial charge in [-0.15, -0.1) is 0 Å². The van der Waals surface area contributed by atoms with Crippen LogP contribution in [-0.4, -0.2) is 29.0 Å². The number of hydrogen-bond acceptors (Lipinski definition) is 5. The standard InChI is InChI=1S/C12H17BrN4O2/c1-8-2-3-9(5-14)7-16(8)12-11(17(18)19)4-10(13)6-15-12/h4,6,8-9H,2-3,5,7,14H2,1H3. The highest BCUT2D eigenvalue weighted by atomic mass is 79.9. The number of aromatic nitrogens is 1. The number of nitrogens with two attached hydrogens (primary N) is 1. The molecule has 0 aliphatic carbocycles. The lowest BCUT2D eigenvalue weighted by Gasteiger charge is -2.38. The lowest BCUT2D eigenvalue weighted by molar-refractivity contribution is -0.384. The van der Waals surface area contributed by atoms with Crippen LogP contribution in [-0.2, 0) is 0 Å². The molecule has 19 heavy (non-hydrogen) atoms. The van der Waals surface area contributed by atoms with Gasteiger partial charge in [0.1, 0.15) is 0 Å². The summed E-state index contributed by atoms with van der Waals surface area (Å²) in [6.45, 7) is 3.40. The Labute approximate surface area is 120 Å². The van der Waals surface area contributed by atoms with E-state index in [0.717, 1.165) is 19.4 Å². The summed E-state index contributed by atoms with van der Waals surface area (Å²) in [6, 6.07) is 1.75. The van der Waals surface area contributed by atoms with Crippen molar-refractivity contribution in [3.8, 4) is 0 Å². The predicted octanol–water partition coefficient (Wildman–Crippen LogP) is 2.32. The fraction of sp³-hybridized carbons (Fsp3) is 0.583. The Morgan fingerprint density at radius 1 is 1.63 bits per heavy atom. The minimum Gasteiger partial charge on any atom is -0.348 e. The lowest BCUT2D eigenvalue weighted by Crippen LogP contribution is -2.44. The molecule has 0 amide bonds. The zero-order chi connectivity index (χ0) is 14.0. The van der Waals surface area contributed by atoms with Crippen LogP contribution in [0.25, 0.3) is 0 Å². The van der Waals surface area contributed by atoms with Crippen LogP contribution in [0.4, 0.5) is 11.5 Å². The van der Waals surface area contributed by atoms with Crippen LogP contribution in [0.2, 0.25) is 0 Å². The van der Waals surface area contributed by atoms with E-state index in [9.17, 15) is 10.1 Å². The van der Waals surface area contributed by atoms with E-state index < -0.39 is 0 Å². The number of rotatable bonds is 3.